The lowest BCUT2D eigenvalue weighted by Gasteiger charge is -2.40. The zero-order valence-corrected chi connectivity index (χ0v) is 30.9. The van der Waals surface area contributed by atoms with Crippen LogP contribution in [0.15, 0.2) is 53.4 Å². The second-order valence-corrected chi connectivity index (χ2v) is 15.9. The summed E-state index contributed by atoms with van der Waals surface area (Å²) in [7, 11) is 0. The topological polar surface area (TPSA) is 152 Å². The van der Waals surface area contributed by atoms with Crippen molar-refractivity contribution in [3.8, 4) is 11.3 Å². The maximum atomic E-state index is 12.8. The molecular formula is C38H49N9O4. The highest BCUT2D eigenvalue weighted by molar-refractivity contribution is 5.89. The first-order valence-corrected chi connectivity index (χ1v) is 17.6. The minimum Gasteiger partial charge on any atom is -0.444 e. The van der Waals surface area contributed by atoms with Gasteiger partial charge in [-0.25, -0.2) is 19.7 Å². The number of hydrogen-bond donors (Lipinski definition) is 2. The number of aryl methyl sites for hydroxylation is 1. The maximum Gasteiger partial charge on any atom is 0.410 e. The predicted octanol–water partition coefficient (Wildman–Crippen LogP) is 6.99. The molecule has 1 spiro atoms. The molecule has 0 radical (unpaired) electrons. The van der Waals surface area contributed by atoms with Crippen LogP contribution in [0.2, 0.25) is 0 Å². The number of carbonyl (C=O) groups is 2. The van der Waals surface area contributed by atoms with Crippen LogP contribution in [-0.2, 0) is 10.2 Å². The van der Waals surface area contributed by atoms with Crippen LogP contribution in [0.25, 0.3) is 11.3 Å². The van der Waals surface area contributed by atoms with Crippen LogP contribution >= 0.6 is 0 Å². The molecule has 0 aliphatic carbocycles. The van der Waals surface area contributed by atoms with E-state index in [-0.39, 0.29) is 28.9 Å². The summed E-state index contributed by atoms with van der Waals surface area (Å²) in [6.07, 6.45) is 6.30. The van der Waals surface area contributed by atoms with Crippen molar-refractivity contribution in [3.63, 3.8) is 0 Å². The number of aromatic nitrogens is 5. The third-order valence-electron chi connectivity index (χ3n) is 9.62. The summed E-state index contributed by atoms with van der Waals surface area (Å²) in [5.41, 5.74) is 4.09. The molecule has 13 nitrogen and oxygen atoms in total. The smallest absolute Gasteiger partial charge is 0.410 e. The number of rotatable bonds is 7. The number of nitrogens with zero attached hydrogens (tertiary/aromatic N) is 7. The van der Waals surface area contributed by atoms with Gasteiger partial charge in [-0.1, -0.05) is 38.1 Å². The molecule has 5 heterocycles. The lowest BCUT2D eigenvalue weighted by Crippen LogP contribution is -2.43. The van der Waals surface area contributed by atoms with Gasteiger partial charge in [-0.3, -0.25) is 4.79 Å². The molecule has 2 aliphatic rings. The highest BCUT2D eigenvalue weighted by Gasteiger charge is 2.43. The quantitative estimate of drug-likeness (QED) is 0.206. The van der Waals surface area contributed by atoms with Crippen molar-refractivity contribution in [3.05, 3.63) is 71.8 Å². The van der Waals surface area contributed by atoms with Gasteiger partial charge in [0, 0.05) is 43.2 Å². The molecule has 0 bridgehead atoms. The molecule has 0 saturated carbocycles. The zero-order valence-electron chi connectivity index (χ0n) is 30.9. The Labute approximate surface area is 299 Å². The molecule has 2 fully saturated rings. The van der Waals surface area contributed by atoms with Gasteiger partial charge in [0.15, 0.2) is 5.82 Å². The van der Waals surface area contributed by atoms with Gasteiger partial charge >= 0.3 is 17.9 Å². The summed E-state index contributed by atoms with van der Waals surface area (Å²) >= 11 is 0. The Morgan fingerprint density at radius 3 is 2.33 bits per heavy atom. The first kappa shape index (κ1) is 35.7. The van der Waals surface area contributed by atoms with Crippen molar-refractivity contribution in [2.24, 2.45) is 5.41 Å². The van der Waals surface area contributed by atoms with Crippen LogP contribution in [0.4, 0.5) is 22.1 Å². The molecule has 6 rings (SSSR count). The van der Waals surface area contributed by atoms with Gasteiger partial charge in [0.25, 0.3) is 0 Å². The van der Waals surface area contributed by atoms with Gasteiger partial charge in [-0.05, 0) is 88.6 Å². The highest BCUT2D eigenvalue weighted by atomic mass is 16.6. The number of benzene rings is 1. The molecule has 0 unspecified atom stereocenters. The van der Waals surface area contributed by atoms with Crippen LogP contribution in [0.3, 0.4) is 0 Å². The van der Waals surface area contributed by atoms with E-state index in [1.807, 2.05) is 96.8 Å². The Balaban J connectivity index is 1.03. The van der Waals surface area contributed by atoms with Gasteiger partial charge in [0.2, 0.25) is 0 Å². The standard InChI is InChI=1S/C38H49N9O4/c1-24-19-26(9-11-28(24)25(2)42-32(48)33-44-34(45-51-33)36(3,4)5)29-20-31(41-23-40-29)43-30-12-10-27(21-39-30)46-16-13-38(14-17-46)15-18-47(22-38)35(49)50-37(6,7)8/h9-12,19-21,23,25H,13-18,22H2,1-8H3,(H,42,48)(H,39,40,41,43)/t25-/m1/s1. The van der Waals surface area contributed by atoms with E-state index >= 15 is 0 Å². The number of carbonyl (C=O) groups excluding carboxylic acids is 2. The number of nitrogens with one attached hydrogen (secondary N) is 2. The van der Waals surface area contributed by atoms with Gasteiger partial charge in [0.05, 0.1) is 23.6 Å². The number of hydrogen-bond acceptors (Lipinski definition) is 11. The second-order valence-electron chi connectivity index (χ2n) is 15.9. The SMILES string of the molecule is Cc1cc(-c2cc(Nc3ccc(N4CCC5(CCN(C(=O)OC(C)(C)C)C5)CC4)cn3)ncn2)ccc1[C@@H](C)NC(=O)c1nc(C(C)(C)C)no1. The van der Waals surface area contributed by atoms with E-state index in [4.69, 9.17) is 9.26 Å². The van der Waals surface area contributed by atoms with Crippen LogP contribution in [0.1, 0.15) is 101 Å². The van der Waals surface area contributed by atoms with Crippen LogP contribution in [-0.4, -0.2) is 73.8 Å². The zero-order chi connectivity index (χ0) is 36.6. The van der Waals surface area contributed by atoms with Gasteiger partial charge in [-0.2, -0.15) is 4.98 Å². The number of ether oxygens (including phenoxy) is 1. The van der Waals surface area contributed by atoms with Crippen molar-refractivity contribution >= 4 is 29.3 Å². The molecule has 3 aromatic heterocycles. The Kier molecular flexibility index (Phi) is 9.75. The Hall–Kier alpha value is -5.07. The highest BCUT2D eigenvalue weighted by Crippen LogP contribution is 2.41. The second kappa shape index (κ2) is 13.9. The number of likely N-dealkylation sites (tertiary alicyclic amines) is 1. The third-order valence-corrected chi connectivity index (χ3v) is 9.62. The normalized spacial score (nSPS) is 16.6. The molecule has 2 amide bonds. The first-order valence-electron chi connectivity index (χ1n) is 17.6. The summed E-state index contributed by atoms with van der Waals surface area (Å²) in [6, 6.07) is 11.7. The summed E-state index contributed by atoms with van der Waals surface area (Å²) in [6.45, 7) is 18.9. The molecule has 2 saturated heterocycles. The molecule has 270 valence electrons. The fraction of sp³-hybridized carbons (Fsp3) is 0.500. The van der Waals surface area contributed by atoms with Crippen molar-refractivity contribution < 1.29 is 18.8 Å². The summed E-state index contributed by atoms with van der Waals surface area (Å²) < 4.78 is 10.8. The summed E-state index contributed by atoms with van der Waals surface area (Å²) in [5.74, 6) is 1.34. The average Bonchev–Trinajstić information content (AvgIpc) is 3.74. The Morgan fingerprint density at radius 2 is 1.69 bits per heavy atom. The van der Waals surface area contributed by atoms with Gasteiger partial charge in [0.1, 0.15) is 23.6 Å². The minimum absolute atomic E-state index is 0.0514. The third kappa shape index (κ3) is 8.46. The fourth-order valence-electron chi connectivity index (χ4n) is 6.70. The molecule has 51 heavy (non-hydrogen) atoms. The average molecular weight is 696 g/mol. The number of anilines is 3. The van der Waals surface area contributed by atoms with E-state index in [0.717, 1.165) is 73.5 Å². The number of piperidine rings is 1. The number of pyridine rings is 1. The molecule has 13 heteroatoms. The minimum atomic E-state index is -0.483. The van der Waals surface area contributed by atoms with Crippen LogP contribution < -0.4 is 15.5 Å². The van der Waals surface area contributed by atoms with Crippen molar-refractivity contribution in [2.75, 3.05) is 36.4 Å². The predicted molar refractivity (Wildman–Crippen MR) is 195 cm³/mol. The molecule has 1 atom stereocenters. The van der Waals surface area contributed by atoms with Gasteiger partial charge in [-0.15, -0.1) is 0 Å². The fourth-order valence-corrected chi connectivity index (χ4v) is 6.70. The van der Waals surface area contributed by atoms with E-state index < -0.39 is 11.5 Å². The molecule has 2 aliphatic heterocycles. The molecule has 2 N–H and O–H groups in total. The van der Waals surface area contributed by atoms with E-state index in [1.54, 1.807) is 0 Å². The first-order chi connectivity index (χ1) is 24.1. The Bertz CT molecular complexity index is 1870. The van der Waals surface area contributed by atoms with E-state index in [2.05, 4.69) is 46.7 Å². The van der Waals surface area contributed by atoms with Crippen molar-refractivity contribution in [1.29, 1.82) is 0 Å². The van der Waals surface area contributed by atoms with Crippen LogP contribution in [0.5, 0.6) is 0 Å². The maximum absolute atomic E-state index is 12.8. The van der Waals surface area contributed by atoms with Crippen molar-refractivity contribution in [2.45, 2.75) is 91.7 Å². The Morgan fingerprint density at radius 1 is 0.941 bits per heavy atom. The monoisotopic (exact) mass is 695 g/mol. The van der Waals surface area contributed by atoms with E-state index in [0.29, 0.717) is 17.5 Å². The van der Waals surface area contributed by atoms with E-state index in [1.165, 1.54) is 6.33 Å². The van der Waals surface area contributed by atoms with Crippen molar-refractivity contribution in [1.82, 2.24) is 35.3 Å². The number of amides is 2. The lowest BCUT2D eigenvalue weighted by molar-refractivity contribution is 0.0266. The summed E-state index contributed by atoms with van der Waals surface area (Å²) in [4.78, 5) is 47.5. The lowest BCUT2D eigenvalue weighted by atomic mass is 9.77. The van der Waals surface area contributed by atoms with Crippen LogP contribution in [0, 0.1) is 12.3 Å². The van der Waals surface area contributed by atoms with Gasteiger partial charge < -0.3 is 29.7 Å². The summed E-state index contributed by atoms with van der Waals surface area (Å²) in [5, 5.41) is 10.2. The van der Waals surface area contributed by atoms with E-state index in [9.17, 15) is 9.59 Å². The molecule has 1 aromatic carbocycles. The molecular weight excluding hydrogens is 646 g/mol. The molecule has 4 aromatic rings. The largest absolute Gasteiger partial charge is 0.444 e.